The number of rotatable bonds is 4. The van der Waals surface area contributed by atoms with Gasteiger partial charge in [0.2, 0.25) is 0 Å². The molecule has 0 aliphatic rings. The summed E-state index contributed by atoms with van der Waals surface area (Å²) in [6.07, 6.45) is -4.79. The maximum atomic E-state index is 12.2. The van der Waals surface area contributed by atoms with Crippen LogP contribution in [0, 0.1) is 0 Å². The van der Waals surface area contributed by atoms with E-state index in [1.807, 2.05) is 20.8 Å². The van der Waals surface area contributed by atoms with Crippen LogP contribution in [0.3, 0.4) is 0 Å². The van der Waals surface area contributed by atoms with E-state index in [4.69, 9.17) is 11.6 Å². The molecule has 0 saturated heterocycles. The molecule has 120 valence electrons. The van der Waals surface area contributed by atoms with Crippen molar-refractivity contribution in [3.63, 3.8) is 0 Å². The lowest BCUT2D eigenvalue weighted by Gasteiger charge is -2.26. The van der Waals surface area contributed by atoms with Crippen molar-refractivity contribution in [2.75, 3.05) is 0 Å². The second-order valence-corrected chi connectivity index (χ2v) is 7.86. The van der Waals surface area contributed by atoms with Gasteiger partial charge in [-0.3, -0.25) is 0 Å². The van der Waals surface area contributed by atoms with E-state index in [2.05, 4.69) is 9.46 Å². The fourth-order valence-electron chi connectivity index (χ4n) is 1.40. The molecular formula is C13H17ClF3NO2S. The Bertz CT molecular complexity index is 491. The van der Waals surface area contributed by atoms with E-state index in [1.54, 1.807) is 6.92 Å². The molecule has 0 aromatic heterocycles. The molecule has 0 fully saturated rings. The topological polar surface area (TPSA) is 44.3 Å². The third kappa shape index (κ3) is 5.94. The Labute approximate surface area is 130 Å². The highest BCUT2D eigenvalue weighted by atomic mass is 35.5. The summed E-state index contributed by atoms with van der Waals surface area (Å²) in [5, 5.41) is -0.153. The molecule has 0 spiro atoms. The molecule has 0 aliphatic heterocycles. The normalized spacial score (nSPS) is 15.7. The van der Waals surface area contributed by atoms with Gasteiger partial charge in [0.1, 0.15) is 10.5 Å². The highest BCUT2D eigenvalue weighted by Crippen LogP contribution is 2.32. The van der Waals surface area contributed by atoms with Crippen LogP contribution in [0.4, 0.5) is 13.2 Å². The average Bonchev–Trinajstić information content (AvgIpc) is 2.28. The highest BCUT2D eigenvalue weighted by Gasteiger charge is 2.32. The summed E-state index contributed by atoms with van der Waals surface area (Å²) in [5.41, 5.74) is 0.618. The fraction of sp³-hybridized carbons (Fsp3) is 0.538. The van der Waals surface area contributed by atoms with Crippen molar-refractivity contribution in [2.24, 2.45) is 0 Å². The summed E-state index contributed by atoms with van der Waals surface area (Å²) < 4.78 is 54.7. The maximum Gasteiger partial charge on any atom is 0.573 e. The lowest BCUT2D eigenvalue weighted by atomic mass is 10.1. The Kier molecular flexibility index (Phi) is 5.83. The van der Waals surface area contributed by atoms with Gasteiger partial charge >= 0.3 is 6.36 Å². The summed E-state index contributed by atoms with van der Waals surface area (Å²) in [7, 11) is 0. The summed E-state index contributed by atoms with van der Waals surface area (Å²) in [6.45, 7) is 7.20. The van der Waals surface area contributed by atoms with E-state index >= 15 is 0 Å². The molecule has 0 aliphatic carbocycles. The van der Waals surface area contributed by atoms with Gasteiger partial charge in [-0.2, -0.15) is 0 Å². The first-order valence-corrected chi connectivity index (χ1v) is 7.66. The number of halogens is 4. The van der Waals surface area contributed by atoms with E-state index < -0.39 is 28.2 Å². The molecule has 0 bridgehead atoms. The molecule has 1 aromatic rings. The van der Waals surface area contributed by atoms with Gasteiger partial charge in [-0.25, -0.2) is 0 Å². The number of alkyl halides is 3. The predicted octanol–water partition coefficient (Wildman–Crippen LogP) is 4.35. The number of nitrogens with one attached hydrogen (secondary N) is 1. The summed E-state index contributed by atoms with van der Waals surface area (Å²) in [5.74, 6) is -0.461. The van der Waals surface area contributed by atoms with Gasteiger partial charge in [-0.15, -0.1) is 17.9 Å². The van der Waals surface area contributed by atoms with Gasteiger partial charge < -0.3 is 9.29 Å². The van der Waals surface area contributed by atoms with Crippen LogP contribution in [0.5, 0.6) is 5.75 Å². The molecule has 21 heavy (non-hydrogen) atoms. The van der Waals surface area contributed by atoms with Crippen molar-refractivity contribution >= 4 is 23.0 Å². The van der Waals surface area contributed by atoms with Crippen molar-refractivity contribution in [1.29, 1.82) is 0 Å². The first-order chi connectivity index (χ1) is 9.40. The van der Waals surface area contributed by atoms with Gasteiger partial charge in [-0.05, 0) is 45.4 Å². The Morgan fingerprint density at radius 1 is 1.29 bits per heavy atom. The molecule has 3 nitrogen and oxygen atoms in total. The van der Waals surface area contributed by atoms with Crippen LogP contribution in [0.2, 0.25) is 5.02 Å². The molecular weight excluding hydrogens is 327 g/mol. The van der Waals surface area contributed by atoms with E-state index in [0.717, 1.165) is 6.07 Å². The van der Waals surface area contributed by atoms with Gasteiger partial charge in [-0.1, -0.05) is 17.7 Å². The minimum Gasteiger partial charge on any atom is -0.598 e. The number of ether oxygens (including phenoxy) is 1. The summed E-state index contributed by atoms with van der Waals surface area (Å²) >= 11 is 4.48. The van der Waals surface area contributed by atoms with Crippen molar-refractivity contribution in [3.05, 3.63) is 28.8 Å². The number of hydrogen-bond acceptors (Lipinski definition) is 3. The number of benzene rings is 1. The first-order valence-electron chi connectivity index (χ1n) is 6.13. The van der Waals surface area contributed by atoms with Gasteiger partial charge in [0.25, 0.3) is 0 Å². The molecule has 0 radical (unpaired) electrons. The van der Waals surface area contributed by atoms with Crippen LogP contribution >= 0.6 is 11.6 Å². The van der Waals surface area contributed by atoms with Crippen LogP contribution in [0.15, 0.2) is 18.2 Å². The Hall–Kier alpha value is -0.630. The largest absolute Gasteiger partial charge is 0.598 e. The smallest absolute Gasteiger partial charge is 0.573 e. The Morgan fingerprint density at radius 3 is 2.29 bits per heavy atom. The molecule has 2 unspecified atom stereocenters. The second-order valence-electron chi connectivity index (χ2n) is 5.46. The second kappa shape index (κ2) is 6.64. The molecule has 0 amide bonds. The monoisotopic (exact) mass is 343 g/mol. The van der Waals surface area contributed by atoms with Gasteiger partial charge in [0.05, 0.1) is 11.1 Å². The predicted molar refractivity (Wildman–Crippen MR) is 77.6 cm³/mol. The van der Waals surface area contributed by atoms with Crippen LogP contribution in [0.25, 0.3) is 0 Å². The van der Waals surface area contributed by atoms with Gasteiger partial charge in [0, 0.05) is 11.4 Å². The van der Waals surface area contributed by atoms with Gasteiger partial charge in [0.15, 0.2) is 0 Å². The van der Waals surface area contributed by atoms with Crippen LogP contribution in [-0.4, -0.2) is 15.7 Å². The molecule has 0 heterocycles. The van der Waals surface area contributed by atoms with Crippen molar-refractivity contribution in [3.8, 4) is 5.75 Å². The number of hydrogen-bond donors (Lipinski definition) is 1. The lowest BCUT2D eigenvalue weighted by Crippen LogP contribution is -2.40. The minimum atomic E-state index is -4.79. The standard InChI is InChI=1S/C13H17ClF3NO2S/c1-8(18-21(19)12(2,3)4)9-5-6-11(10(14)7-9)20-13(15,16)17/h5-8,18H,1-4H3. The van der Waals surface area contributed by atoms with E-state index in [1.165, 1.54) is 12.1 Å². The van der Waals surface area contributed by atoms with Crippen molar-refractivity contribution in [1.82, 2.24) is 4.72 Å². The zero-order valence-electron chi connectivity index (χ0n) is 12.0. The maximum absolute atomic E-state index is 12.2. The zero-order valence-corrected chi connectivity index (χ0v) is 13.6. The van der Waals surface area contributed by atoms with E-state index in [9.17, 15) is 17.7 Å². The Morgan fingerprint density at radius 2 is 1.86 bits per heavy atom. The summed E-state index contributed by atoms with van der Waals surface area (Å²) in [4.78, 5) is 0. The SMILES string of the molecule is CC(N[S+]([O-])C(C)(C)C)c1ccc(OC(F)(F)F)c(Cl)c1. The molecule has 0 saturated carbocycles. The first kappa shape index (κ1) is 18.4. The molecule has 1 aromatic carbocycles. The third-order valence-electron chi connectivity index (χ3n) is 2.52. The minimum absolute atomic E-state index is 0.153. The molecule has 1 N–H and O–H groups in total. The highest BCUT2D eigenvalue weighted by molar-refractivity contribution is 7.90. The van der Waals surface area contributed by atoms with E-state index in [-0.39, 0.29) is 11.1 Å². The Balaban J connectivity index is 2.84. The van der Waals surface area contributed by atoms with Crippen LogP contribution in [-0.2, 0) is 11.4 Å². The van der Waals surface area contributed by atoms with Crippen molar-refractivity contribution in [2.45, 2.75) is 44.8 Å². The molecule has 8 heteroatoms. The average molecular weight is 344 g/mol. The summed E-state index contributed by atoms with van der Waals surface area (Å²) in [6, 6.07) is 3.62. The molecule has 2 atom stereocenters. The fourth-order valence-corrected chi connectivity index (χ4v) is 2.44. The van der Waals surface area contributed by atoms with Crippen LogP contribution in [0.1, 0.15) is 39.3 Å². The zero-order chi connectivity index (χ0) is 16.4. The third-order valence-corrected chi connectivity index (χ3v) is 4.50. The van der Waals surface area contributed by atoms with Crippen LogP contribution < -0.4 is 9.46 Å². The van der Waals surface area contributed by atoms with E-state index in [0.29, 0.717) is 5.56 Å². The quantitative estimate of drug-likeness (QED) is 0.826. The lowest BCUT2D eigenvalue weighted by molar-refractivity contribution is -0.274. The van der Waals surface area contributed by atoms with Crippen molar-refractivity contribution < 1.29 is 22.5 Å². The molecule has 1 rings (SSSR count).